The van der Waals surface area contributed by atoms with Gasteiger partial charge in [-0.1, -0.05) is 0 Å². The van der Waals surface area contributed by atoms with Crippen molar-refractivity contribution in [3.63, 3.8) is 0 Å². The Bertz CT molecular complexity index is 475. The molecule has 0 spiro atoms. The fraction of sp³-hybridized carbons (Fsp3) is 0.300. The number of nitrogens with one attached hydrogen (secondary N) is 2. The topological polar surface area (TPSA) is 117 Å². The number of carboxylic acid groups (broad SMARTS) is 1. The molecule has 0 aromatic carbocycles. The number of pyridine rings is 1. The summed E-state index contributed by atoms with van der Waals surface area (Å²) in [5.41, 5.74) is 5.77. The number of carbonyl (C=O) groups is 2. The highest BCUT2D eigenvalue weighted by Crippen LogP contribution is 2.17. The fourth-order valence-corrected chi connectivity index (χ4v) is 1.66. The van der Waals surface area contributed by atoms with Crippen LogP contribution in [0.4, 0.5) is 11.5 Å². The first-order valence-electron chi connectivity index (χ1n) is 5.08. The number of carbonyl (C=O) groups excluding carboxylic acids is 1. The maximum atomic E-state index is 11.0. The minimum atomic E-state index is -1.11. The van der Waals surface area contributed by atoms with Crippen molar-refractivity contribution in [2.75, 3.05) is 17.6 Å². The third-order valence-electron chi connectivity index (χ3n) is 2.46. The molecule has 1 aromatic rings. The number of rotatable bonds is 3. The Hall–Kier alpha value is -2.31. The minimum absolute atomic E-state index is 0.00403. The van der Waals surface area contributed by atoms with E-state index in [2.05, 4.69) is 15.6 Å². The quantitative estimate of drug-likeness (QED) is 0.570. The normalized spacial score (nSPS) is 18.8. The van der Waals surface area contributed by atoms with Crippen LogP contribution >= 0.6 is 0 Å². The molecule has 1 atom stereocenters. The lowest BCUT2D eigenvalue weighted by Crippen LogP contribution is -2.24. The molecule has 17 heavy (non-hydrogen) atoms. The number of nitrogen functional groups attached to an aromatic ring is 1. The average molecular weight is 236 g/mol. The Balaban J connectivity index is 2.20. The first-order chi connectivity index (χ1) is 8.06. The fourth-order valence-electron chi connectivity index (χ4n) is 1.66. The number of aromatic carboxylic acids is 1. The second kappa shape index (κ2) is 4.28. The minimum Gasteiger partial charge on any atom is -0.478 e. The van der Waals surface area contributed by atoms with Crippen LogP contribution < -0.4 is 16.4 Å². The molecule has 1 aliphatic rings. The lowest BCUT2D eigenvalue weighted by Gasteiger charge is -2.13. The molecule has 1 saturated heterocycles. The molecular weight excluding hydrogens is 224 g/mol. The Morgan fingerprint density at radius 1 is 1.65 bits per heavy atom. The number of hydrogen-bond donors (Lipinski definition) is 4. The van der Waals surface area contributed by atoms with Crippen molar-refractivity contribution in [1.82, 2.24) is 10.3 Å². The highest BCUT2D eigenvalue weighted by atomic mass is 16.4. The van der Waals surface area contributed by atoms with E-state index in [0.717, 1.165) is 0 Å². The maximum Gasteiger partial charge on any atom is 0.339 e. The zero-order chi connectivity index (χ0) is 12.4. The molecule has 1 amide bonds. The second-order valence-electron chi connectivity index (χ2n) is 3.82. The largest absolute Gasteiger partial charge is 0.478 e. The van der Waals surface area contributed by atoms with E-state index in [4.69, 9.17) is 10.8 Å². The Morgan fingerprint density at radius 3 is 3.00 bits per heavy atom. The molecule has 1 aromatic heterocycles. The average Bonchev–Trinajstić information content (AvgIpc) is 2.66. The van der Waals surface area contributed by atoms with Crippen molar-refractivity contribution in [2.45, 2.75) is 12.5 Å². The van der Waals surface area contributed by atoms with Crippen molar-refractivity contribution < 1.29 is 14.7 Å². The molecule has 2 heterocycles. The molecule has 7 heteroatoms. The molecular formula is C10H12N4O3. The summed E-state index contributed by atoms with van der Waals surface area (Å²) < 4.78 is 0. The number of amides is 1. The zero-order valence-corrected chi connectivity index (χ0v) is 8.93. The smallest absolute Gasteiger partial charge is 0.339 e. The molecule has 1 unspecified atom stereocenters. The number of carboxylic acids is 1. The number of hydrogen-bond acceptors (Lipinski definition) is 5. The molecule has 0 bridgehead atoms. The van der Waals surface area contributed by atoms with Crippen LogP contribution in [-0.2, 0) is 4.79 Å². The standard InChI is InChI=1S/C10H12N4O3/c11-5-1-7(10(16)17)9(13-3-5)14-6-2-8(15)12-4-6/h1,3,6H,2,4,11H2,(H,12,15)(H,13,14)(H,16,17). The van der Waals surface area contributed by atoms with Gasteiger partial charge >= 0.3 is 5.97 Å². The van der Waals surface area contributed by atoms with E-state index < -0.39 is 5.97 Å². The van der Waals surface area contributed by atoms with Gasteiger partial charge in [0, 0.05) is 13.0 Å². The zero-order valence-electron chi connectivity index (χ0n) is 8.93. The Labute approximate surface area is 97.0 Å². The van der Waals surface area contributed by atoms with E-state index in [1.165, 1.54) is 12.3 Å². The monoisotopic (exact) mass is 236 g/mol. The van der Waals surface area contributed by atoms with Gasteiger partial charge in [-0.3, -0.25) is 4.79 Å². The van der Waals surface area contributed by atoms with Crippen LogP contribution in [0.25, 0.3) is 0 Å². The molecule has 7 nitrogen and oxygen atoms in total. The SMILES string of the molecule is Nc1cnc(NC2CNC(=O)C2)c(C(=O)O)c1. The van der Waals surface area contributed by atoms with E-state index in [0.29, 0.717) is 13.0 Å². The van der Waals surface area contributed by atoms with Gasteiger partial charge in [0.05, 0.1) is 17.9 Å². The second-order valence-corrected chi connectivity index (χ2v) is 3.82. The summed E-state index contributed by atoms with van der Waals surface area (Å²) in [6.07, 6.45) is 1.68. The summed E-state index contributed by atoms with van der Waals surface area (Å²) in [5, 5.41) is 14.6. The molecule has 5 N–H and O–H groups in total. The molecule has 90 valence electrons. The molecule has 0 aliphatic carbocycles. The van der Waals surface area contributed by atoms with Crippen LogP contribution in [0.15, 0.2) is 12.3 Å². The Morgan fingerprint density at radius 2 is 2.41 bits per heavy atom. The number of anilines is 2. The first-order valence-corrected chi connectivity index (χ1v) is 5.08. The Kier molecular flexibility index (Phi) is 2.82. The van der Waals surface area contributed by atoms with Crippen LogP contribution in [0.5, 0.6) is 0 Å². The number of nitrogens with zero attached hydrogens (tertiary/aromatic N) is 1. The van der Waals surface area contributed by atoms with Crippen LogP contribution in [0.2, 0.25) is 0 Å². The summed E-state index contributed by atoms with van der Waals surface area (Å²) in [6.45, 7) is 0.462. The predicted molar refractivity (Wildman–Crippen MR) is 60.6 cm³/mol. The summed E-state index contributed by atoms with van der Waals surface area (Å²) in [6, 6.07) is 1.19. The molecule has 1 aliphatic heterocycles. The number of aromatic nitrogens is 1. The van der Waals surface area contributed by atoms with Gasteiger partial charge in [-0.25, -0.2) is 9.78 Å². The molecule has 0 saturated carbocycles. The van der Waals surface area contributed by atoms with Crippen molar-refractivity contribution in [2.24, 2.45) is 0 Å². The molecule has 0 radical (unpaired) electrons. The van der Waals surface area contributed by atoms with E-state index in [1.807, 2.05) is 0 Å². The lowest BCUT2D eigenvalue weighted by atomic mass is 10.2. The van der Waals surface area contributed by atoms with Gasteiger partial charge in [-0.05, 0) is 6.07 Å². The van der Waals surface area contributed by atoms with Gasteiger partial charge < -0.3 is 21.5 Å². The third-order valence-corrected chi connectivity index (χ3v) is 2.46. The van der Waals surface area contributed by atoms with Gasteiger partial charge in [0.2, 0.25) is 5.91 Å². The summed E-state index contributed by atoms with van der Waals surface area (Å²) in [4.78, 5) is 25.9. The third kappa shape index (κ3) is 2.44. The maximum absolute atomic E-state index is 11.0. The predicted octanol–water partition coefficient (Wildman–Crippen LogP) is -0.338. The molecule has 1 fully saturated rings. The van der Waals surface area contributed by atoms with Crippen molar-refractivity contribution in [3.8, 4) is 0 Å². The van der Waals surface area contributed by atoms with Gasteiger partial charge in [0.15, 0.2) is 0 Å². The van der Waals surface area contributed by atoms with Crippen molar-refractivity contribution in [3.05, 3.63) is 17.8 Å². The van der Waals surface area contributed by atoms with Gasteiger partial charge in [-0.15, -0.1) is 0 Å². The lowest BCUT2D eigenvalue weighted by molar-refractivity contribution is -0.119. The van der Waals surface area contributed by atoms with Crippen LogP contribution in [-0.4, -0.2) is 34.6 Å². The van der Waals surface area contributed by atoms with Crippen LogP contribution in [0.3, 0.4) is 0 Å². The van der Waals surface area contributed by atoms with Gasteiger partial charge in [0.1, 0.15) is 11.4 Å². The van der Waals surface area contributed by atoms with Gasteiger partial charge in [-0.2, -0.15) is 0 Å². The van der Waals surface area contributed by atoms with E-state index >= 15 is 0 Å². The van der Waals surface area contributed by atoms with Gasteiger partial charge in [0.25, 0.3) is 0 Å². The van der Waals surface area contributed by atoms with E-state index in [9.17, 15) is 9.59 Å². The van der Waals surface area contributed by atoms with E-state index in [-0.39, 0.29) is 29.0 Å². The number of nitrogens with two attached hydrogens (primary N) is 1. The van der Waals surface area contributed by atoms with E-state index in [1.54, 1.807) is 0 Å². The molecule has 2 rings (SSSR count). The summed E-state index contributed by atoms with van der Waals surface area (Å²) in [7, 11) is 0. The summed E-state index contributed by atoms with van der Waals surface area (Å²) >= 11 is 0. The van der Waals surface area contributed by atoms with Crippen LogP contribution in [0.1, 0.15) is 16.8 Å². The highest BCUT2D eigenvalue weighted by molar-refractivity contribution is 5.94. The highest BCUT2D eigenvalue weighted by Gasteiger charge is 2.23. The van der Waals surface area contributed by atoms with Crippen molar-refractivity contribution in [1.29, 1.82) is 0 Å². The summed E-state index contributed by atoms with van der Waals surface area (Å²) in [5.74, 6) is -0.937. The first kappa shape index (κ1) is 11.2. The van der Waals surface area contributed by atoms with Crippen LogP contribution in [0, 0.1) is 0 Å². The van der Waals surface area contributed by atoms with Crippen molar-refractivity contribution >= 4 is 23.4 Å².